The second kappa shape index (κ2) is 5.38. The quantitative estimate of drug-likeness (QED) is 0.942. The molecule has 0 aliphatic heterocycles. The molecular formula is C12H9Cl2NO3S. The Morgan fingerprint density at radius 1 is 1.05 bits per heavy atom. The van der Waals surface area contributed by atoms with E-state index in [2.05, 4.69) is 0 Å². The molecule has 0 aliphatic rings. The van der Waals surface area contributed by atoms with Gasteiger partial charge in [-0.3, -0.25) is 0 Å². The highest BCUT2D eigenvalue weighted by Crippen LogP contribution is 2.31. The standard InChI is InChI=1S/C12H9Cl2NO3S/c13-8-2-1-3-9(6-8)18-12-5-4-10(7-11(12)14)19(15,16)17/h1-7H,(H2,15,16,17). The lowest BCUT2D eigenvalue weighted by molar-refractivity contribution is 0.482. The summed E-state index contributed by atoms with van der Waals surface area (Å²) in [5.41, 5.74) is 0. The summed E-state index contributed by atoms with van der Waals surface area (Å²) in [5, 5.41) is 5.67. The molecule has 0 unspecified atom stereocenters. The highest BCUT2D eigenvalue weighted by atomic mass is 35.5. The minimum absolute atomic E-state index is 0.0732. The summed E-state index contributed by atoms with van der Waals surface area (Å²) in [6.07, 6.45) is 0. The van der Waals surface area contributed by atoms with Gasteiger partial charge in [-0.25, -0.2) is 13.6 Å². The summed E-state index contributed by atoms with van der Waals surface area (Å²) in [6, 6.07) is 10.7. The van der Waals surface area contributed by atoms with Crippen LogP contribution < -0.4 is 9.88 Å². The van der Waals surface area contributed by atoms with E-state index in [1.54, 1.807) is 24.3 Å². The third-order valence-electron chi connectivity index (χ3n) is 2.26. The maximum atomic E-state index is 11.2. The lowest BCUT2D eigenvalue weighted by atomic mass is 10.3. The van der Waals surface area contributed by atoms with Gasteiger partial charge in [0, 0.05) is 5.02 Å². The van der Waals surface area contributed by atoms with Crippen LogP contribution in [0.4, 0.5) is 0 Å². The van der Waals surface area contributed by atoms with Crippen molar-refractivity contribution in [1.29, 1.82) is 0 Å². The number of ether oxygens (including phenoxy) is 1. The Bertz CT molecular complexity index is 717. The van der Waals surface area contributed by atoms with E-state index >= 15 is 0 Å². The highest BCUT2D eigenvalue weighted by Gasteiger charge is 2.11. The molecule has 0 aromatic heterocycles. The van der Waals surface area contributed by atoms with E-state index in [0.29, 0.717) is 16.5 Å². The number of hydrogen-bond acceptors (Lipinski definition) is 3. The van der Waals surface area contributed by atoms with Crippen molar-refractivity contribution >= 4 is 33.2 Å². The molecule has 0 radical (unpaired) electrons. The van der Waals surface area contributed by atoms with Crippen molar-refractivity contribution in [3.8, 4) is 11.5 Å². The van der Waals surface area contributed by atoms with Crippen LogP contribution in [-0.2, 0) is 10.0 Å². The number of sulfonamides is 1. The Balaban J connectivity index is 2.32. The molecule has 19 heavy (non-hydrogen) atoms. The van der Waals surface area contributed by atoms with Gasteiger partial charge < -0.3 is 4.74 Å². The number of nitrogens with two attached hydrogens (primary N) is 1. The second-order valence-electron chi connectivity index (χ2n) is 3.70. The summed E-state index contributed by atoms with van der Waals surface area (Å²) in [7, 11) is -3.78. The Kier molecular flexibility index (Phi) is 4.01. The molecular weight excluding hydrogens is 309 g/mol. The molecule has 0 heterocycles. The van der Waals surface area contributed by atoms with E-state index in [1.165, 1.54) is 18.2 Å². The average Bonchev–Trinajstić information content (AvgIpc) is 2.30. The summed E-state index contributed by atoms with van der Waals surface area (Å²) in [6.45, 7) is 0. The lowest BCUT2D eigenvalue weighted by Crippen LogP contribution is -2.11. The molecule has 0 saturated carbocycles. The number of benzene rings is 2. The SMILES string of the molecule is NS(=O)(=O)c1ccc(Oc2cccc(Cl)c2)c(Cl)c1. The third kappa shape index (κ3) is 3.61. The molecule has 2 aromatic rings. The van der Waals surface area contributed by atoms with Gasteiger partial charge in [0.25, 0.3) is 0 Å². The van der Waals surface area contributed by atoms with Crippen LogP contribution >= 0.6 is 23.2 Å². The number of rotatable bonds is 3. The predicted octanol–water partition coefficient (Wildman–Crippen LogP) is 3.43. The zero-order chi connectivity index (χ0) is 14.0. The Labute approximate surface area is 120 Å². The molecule has 0 amide bonds. The van der Waals surface area contributed by atoms with Gasteiger partial charge in [-0.1, -0.05) is 29.3 Å². The monoisotopic (exact) mass is 317 g/mol. The third-order valence-corrected chi connectivity index (χ3v) is 3.70. The summed E-state index contributed by atoms with van der Waals surface area (Å²) < 4.78 is 27.8. The topological polar surface area (TPSA) is 69.4 Å². The zero-order valence-corrected chi connectivity index (χ0v) is 11.8. The van der Waals surface area contributed by atoms with E-state index in [4.69, 9.17) is 33.1 Å². The van der Waals surface area contributed by atoms with Gasteiger partial charge in [-0.05, 0) is 36.4 Å². The number of primary sulfonamides is 1. The van der Waals surface area contributed by atoms with Gasteiger partial charge >= 0.3 is 0 Å². The molecule has 0 bridgehead atoms. The first kappa shape index (κ1) is 14.1. The zero-order valence-electron chi connectivity index (χ0n) is 9.51. The second-order valence-corrected chi connectivity index (χ2v) is 6.10. The number of halogens is 2. The molecule has 0 atom stereocenters. The predicted molar refractivity (Wildman–Crippen MR) is 74.4 cm³/mol. The van der Waals surface area contributed by atoms with Crippen LogP contribution in [0, 0.1) is 0 Å². The van der Waals surface area contributed by atoms with Gasteiger partial charge in [-0.2, -0.15) is 0 Å². The molecule has 100 valence electrons. The maximum absolute atomic E-state index is 11.2. The van der Waals surface area contributed by atoms with Crippen molar-refractivity contribution in [3.63, 3.8) is 0 Å². The molecule has 0 fully saturated rings. The minimum atomic E-state index is -3.78. The molecule has 0 spiro atoms. The van der Waals surface area contributed by atoms with Crippen LogP contribution in [0.2, 0.25) is 10.0 Å². The first-order valence-corrected chi connectivity index (χ1v) is 7.42. The van der Waals surface area contributed by atoms with Crippen molar-refractivity contribution in [2.24, 2.45) is 5.14 Å². The maximum Gasteiger partial charge on any atom is 0.238 e. The highest BCUT2D eigenvalue weighted by molar-refractivity contribution is 7.89. The first-order valence-electron chi connectivity index (χ1n) is 5.12. The van der Waals surface area contributed by atoms with Crippen molar-refractivity contribution in [1.82, 2.24) is 0 Å². The minimum Gasteiger partial charge on any atom is -0.456 e. The fourth-order valence-electron chi connectivity index (χ4n) is 1.40. The molecule has 7 heteroatoms. The lowest BCUT2D eigenvalue weighted by Gasteiger charge is -2.08. The van der Waals surface area contributed by atoms with Crippen molar-refractivity contribution in [3.05, 3.63) is 52.5 Å². The Morgan fingerprint density at radius 3 is 2.37 bits per heavy atom. The van der Waals surface area contributed by atoms with Gasteiger partial charge in [-0.15, -0.1) is 0 Å². The van der Waals surface area contributed by atoms with Crippen LogP contribution in [0.15, 0.2) is 47.4 Å². The molecule has 0 aliphatic carbocycles. The normalized spacial score (nSPS) is 11.3. The summed E-state index contributed by atoms with van der Waals surface area (Å²) in [5.74, 6) is 0.814. The van der Waals surface area contributed by atoms with Crippen LogP contribution in [0.5, 0.6) is 11.5 Å². The van der Waals surface area contributed by atoms with Crippen LogP contribution in [0.3, 0.4) is 0 Å². The summed E-state index contributed by atoms with van der Waals surface area (Å²) in [4.78, 5) is -0.0732. The largest absolute Gasteiger partial charge is 0.456 e. The molecule has 2 N–H and O–H groups in total. The van der Waals surface area contributed by atoms with Crippen LogP contribution in [-0.4, -0.2) is 8.42 Å². The van der Waals surface area contributed by atoms with Gasteiger partial charge in [0.1, 0.15) is 11.5 Å². The smallest absolute Gasteiger partial charge is 0.238 e. The van der Waals surface area contributed by atoms with Crippen molar-refractivity contribution in [2.75, 3.05) is 0 Å². The first-order chi connectivity index (χ1) is 8.86. The molecule has 2 aromatic carbocycles. The van der Waals surface area contributed by atoms with E-state index in [1.807, 2.05) is 0 Å². The number of hydrogen-bond donors (Lipinski definition) is 1. The molecule has 2 rings (SSSR count). The van der Waals surface area contributed by atoms with E-state index in [9.17, 15) is 8.42 Å². The van der Waals surface area contributed by atoms with Gasteiger partial charge in [0.2, 0.25) is 10.0 Å². The van der Waals surface area contributed by atoms with E-state index < -0.39 is 10.0 Å². The Morgan fingerprint density at radius 2 is 1.79 bits per heavy atom. The van der Waals surface area contributed by atoms with E-state index in [-0.39, 0.29) is 9.92 Å². The van der Waals surface area contributed by atoms with Crippen molar-refractivity contribution in [2.45, 2.75) is 4.90 Å². The van der Waals surface area contributed by atoms with Gasteiger partial charge in [0.05, 0.1) is 9.92 Å². The fourth-order valence-corrected chi connectivity index (χ4v) is 2.40. The molecule has 4 nitrogen and oxygen atoms in total. The average molecular weight is 318 g/mol. The van der Waals surface area contributed by atoms with Crippen molar-refractivity contribution < 1.29 is 13.2 Å². The van der Waals surface area contributed by atoms with Crippen LogP contribution in [0.25, 0.3) is 0 Å². The van der Waals surface area contributed by atoms with E-state index in [0.717, 1.165) is 0 Å². The Hall–Kier alpha value is -1.27. The molecule has 0 saturated heterocycles. The fraction of sp³-hybridized carbons (Fsp3) is 0. The van der Waals surface area contributed by atoms with Crippen LogP contribution in [0.1, 0.15) is 0 Å². The summed E-state index contributed by atoms with van der Waals surface area (Å²) >= 11 is 11.8. The van der Waals surface area contributed by atoms with Gasteiger partial charge in [0.15, 0.2) is 0 Å².